The Labute approximate surface area is 232 Å². The van der Waals surface area contributed by atoms with Crippen molar-refractivity contribution in [3.05, 3.63) is 87.8 Å². The number of hydrogen-bond donors (Lipinski definition) is 1. The Morgan fingerprint density at radius 3 is 2.54 bits per heavy atom. The van der Waals surface area contributed by atoms with Gasteiger partial charge in [-0.15, -0.1) is 0 Å². The van der Waals surface area contributed by atoms with Crippen LogP contribution < -0.4 is 19.7 Å². The summed E-state index contributed by atoms with van der Waals surface area (Å²) in [5, 5.41) is 2.82. The molecule has 0 radical (unpaired) electrons. The van der Waals surface area contributed by atoms with Crippen molar-refractivity contribution in [1.29, 1.82) is 0 Å². The molecule has 202 valence electrons. The molecule has 0 aliphatic carbocycles. The number of carbonyl (C=O) groups excluding carboxylic acids is 2. The standard InChI is InChI=1S/C28H23F3N2O4S2/c1-16-6-4-9-21(17(16)2)32-25(34)15-37-22-11-10-18(12-23(22)36-3)13-24-26(35)33(27(38)39-24)20-8-5-7-19(14-20)28(29,30)31/h4-14H,15H2,1-3H3,(H,32,34)/b24-13-. The number of amides is 2. The molecule has 4 rings (SSSR count). The largest absolute Gasteiger partial charge is 0.493 e. The summed E-state index contributed by atoms with van der Waals surface area (Å²) in [5.74, 6) is -0.223. The minimum Gasteiger partial charge on any atom is -0.493 e. The molecule has 6 nitrogen and oxygen atoms in total. The second-order valence-corrected chi connectivity index (χ2v) is 10.2. The number of anilines is 2. The average Bonchev–Trinajstić information content (AvgIpc) is 3.17. The Kier molecular flexibility index (Phi) is 8.31. The van der Waals surface area contributed by atoms with E-state index in [0.29, 0.717) is 22.7 Å². The van der Waals surface area contributed by atoms with E-state index in [1.165, 1.54) is 19.2 Å². The number of thiocarbonyl (C=S) groups is 1. The summed E-state index contributed by atoms with van der Waals surface area (Å²) in [7, 11) is 1.44. The van der Waals surface area contributed by atoms with E-state index < -0.39 is 17.6 Å². The molecule has 3 aromatic rings. The third kappa shape index (κ3) is 6.43. The quantitative estimate of drug-likeness (QED) is 0.250. The first kappa shape index (κ1) is 28.2. The molecule has 1 aliphatic rings. The lowest BCUT2D eigenvalue weighted by atomic mass is 10.1. The third-order valence-corrected chi connectivity index (χ3v) is 7.25. The molecule has 1 aliphatic heterocycles. The number of nitrogens with zero attached hydrogens (tertiary/aromatic N) is 1. The monoisotopic (exact) mass is 572 g/mol. The molecule has 0 aromatic heterocycles. The molecule has 39 heavy (non-hydrogen) atoms. The van der Waals surface area contributed by atoms with Crippen molar-refractivity contribution in [3.8, 4) is 11.5 Å². The molecular weight excluding hydrogens is 549 g/mol. The zero-order valence-electron chi connectivity index (χ0n) is 21.1. The van der Waals surface area contributed by atoms with E-state index in [0.717, 1.165) is 39.9 Å². The van der Waals surface area contributed by atoms with Gasteiger partial charge < -0.3 is 14.8 Å². The number of alkyl halides is 3. The number of nitrogens with one attached hydrogen (secondary N) is 1. The van der Waals surface area contributed by atoms with Crippen molar-refractivity contribution in [2.24, 2.45) is 0 Å². The second kappa shape index (κ2) is 11.5. The molecule has 0 unspecified atom stereocenters. The van der Waals surface area contributed by atoms with E-state index in [9.17, 15) is 22.8 Å². The molecule has 1 heterocycles. The van der Waals surface area contributed by atoms with Crippen LogP contribution in [0.2, 0.25) is 0 Å². The van der Waals surface area contributed by atoms with Gasteiger partial charge in [0.15, 0.2) is 22.4 Å². The molecule has 2 amide bonds. The van der Waals surface area contributed by atoms with Crippen LogP contribution in [-0.2, 0) is 15.8 Å². The highest BCUT2D eigenvalue weighted by Gasteiger charge is 2.36. The normalized spacial score (nSPS) is 14.6. The number of rotatable bonds is 7. The van der Waals surface area contributed by atoms with Gasteiger partial charge in [-0.25, -0.2) is 0 Å². The van der Waals surface area contributed by atoms with Gasteiger partial charge in [0.05, 0.1) is 23.3 Å². The third-order valence-electron chi connectivity index (χ3n) is 5.95. The summed E-state index contributed by atoms with van der Waals surface area (Å²) >= 11 is 6.27. The zero-order valence-corrected chi connectivity index (χ0v) is 22.7. The fourth-order valence-corrected chi connectivity index (χ4v) is 5.07. The van der Waals surface area contributed by atoms with Crippen LogP contribution in [0, 0.1) is 13.8 Å². The van der Waals surface area contributed by atoms with Crippen molar-refractivity contribution in [3.63, 3.8) is 0 Å². The van der Waals surface area contributed by atoms with E-state index in [1.807, 2.05) is 32.0 Å². The first-order valence-corrected chi connectivity index (χ1v) is 12.8. The predicted molar refractivity (Wildman–Crippen MR) is 150 cm³/mol. The molecule has 0 spiro atoms. The van der Waals surface area contributed by atoms with Gasteiger partial charge >= 0.3 is 6.18 Å². The molecular formula is C28H23F3N2O4S2. The van der Waals surface area contributed by atoms with Crippen molar-refractivity contribution >= 4 is 57.6 Å². The molecule has 1 fully saturated rings. The highest BCUT2D eigenvalue weighted by molar-refractivity contribution is 8.27. The highest BCUT2D eigenvalue weighted by Crippen LogP contribution is 2.39. The van der Waals surface area contributed by atoms with Crippen molar-refractivity contribution in [1.82, 2.24) is 0 Å². The number of benzene rings is 3. The highest BCUT2D eigenvalue weighted by atomic mass is 32.2. The summed E-state index contributed by atoms with van der Waals surface area (Å²) in [6.45, 7) is 3.62. The maximum Gasteiger partial charge on any atom is 0.416 e. The van der Waals surface area contributed by atoms with Gasteiger partial charge in [0, 0.05) is 5.69 Å². The van der Waals surface area contributed by atoms with E-state index >= 15 is 0 Å². The van der Waals surface area contributed by atoms with Gasteiger partial charge in [-0.3, -0.25) is 14.5 Å². The molecule has 1 saturated heterocycles. The maximum atomic E-state index is 13.1. The van der Waals surface area contributed by atoms with Crippen LogP contribution in [0.4, 0.5) is 24.5 Å². The van der Waals surface area contributed by atoms with Crippen molar-refractivity contribution in [2.45, 2.75) is 20.0 Å². The Morgan fingerprint density at radius 2 is 1.82 bits per heavy atom. The summed E-state index contributed by atoms with van der Waals surface area (Å²) in [4.78, 5) is 26.8. The van der Waals surface area contributed by atoms with Gasteiger partial charge in [-0.1, -0.05) is 48.2 Å². The lowest BCUT2D eigenvalue weighted by Crippen LogP contribution is -2.27. The molecule has 0 bridgehead atoms. The minimum absolute atomic E-state index is 0.0381. The fourth-order valence-electron chi connectivity index (χ4n) is 3.77. The van der Waals surface area contributed by atoms with Gasteiger partial charge in [0.25, 0.3) is 11.8 Å². The fraction of sp³-hybridized carbons (Fsp3) is 0.179. The van der Waals surface area contributed by atoms with Crippen LogP contribution in [0.1, 0.15) is 22.3 Å². The number of aryl methyl sites for hydroxylation is 1. The van der Waals surface area contributed by atoms with E-state index in [-0.39, 0.29) is 27.4 Å². The van der Waals surface area contributed by atoms with Crippen LogP contribution >= 0.6 is 24.0 Å². The second-order valence-electron chi connectivity index (χ2n) is 8.56. The molecule has 11 heteroatoms. The van der Waals surface area contributed by atoms with Crippen molar-refractivity contribution in [2.75, 3.05) is 23.9 Å². The zero-order chi connectivity index (χ0) is 28.3. The Bertz CT molecular complexity index is 1490. The predicted octanol–water partition coefficient (Wildman–Crippen LogP) is 6.75. The van der Waals surface area contributed by atoms with Crippen LogP contribution in [0.3, 0.4) is 0 Å². The smallest absolute Gasteiger partial charge is 0.416 e. The lowest BCUT2D eigenvalue weighted by molar-refractivity contribution is -0.137. The first-order chi connectivity index (χ1) is 18.5. The van der Waals surface area contributed by atoms with E-state index in [2.05, 4.69) is 5.32 Å². The number of hydrogen-bond acceptors (Lipinski definition) is 6. The summed E-state index contributed by atoms with van der Waals surface area (Å²) in [6.07, 6.45) is -2.99. The molecule has 0 saturated carbocycles. The topological polar surface area (TPSA) is 67.9 Å². The minimum atomic E-state index is -4.55. The lowest BCUT2D eigenvalue weighted by Gasteiger charge is -2.16. The number of halogens is 3. The Balaban J connectivity index is 1.47. The van der Waals surface area contributed by atoms with Crippen LogP contribution in [0.5, 0.6) is 11.5 Å². The average molecular weight is 573 g/mol. The maximum absolute atomic E-state index is 13.1. The molecule has 3 aromatic carbocycles. The molecule has 0 atom stereocenters. The summed E-state index contributed by atoms with van der Waals surface area (Å²) < 4.78 is 50.6. The van der Waals surface area contributed by atoms with Crippen molar-refractivity contribution < 1.29 is 32.2 Å². The number of ether oxygens (including phenoxy) is 2. The number of carbonyl (C=O) groups is 2. The van der Waals surface area contributed by atoms with Crippen LogP contribution in [0.15, 0.2) is 65.6 Å². The first-order valence-electron chi connectivity index (χ1n) is 11.6. The SMILES string of the molecule is COc1cc(/C=C2\SC(=S)N(c3cccc(C(F)(F)F)c3)C2=O)ccc1OCC(=O)Nc1cccc(C)c1C. The van der Waals surface area contributed by atoms with Gasteiger partial charge in [-0.2, -0.15) is 13.2 Å². The van der Waals surface area contributed by atoms with E-state index in [4.69, 9.17) is 21.7 Å². The van der Waals surface area contributed by atoms with Gasteiger partial charge in [-0.05, 0) is 73.0 Å². The van der Waals surface area contributed by atoms with Gasteiger partial charge in [0.2, 0.25) is 0 Å². The van der Waals surface area contributed by atoms with Crippen LogP contribution in [-0.4, -0.2) is 29.9 Å². The van der Waals surface area contributed by atoms with Crippen LogP contribution in [0.25, 0.3) is 6.08 Å². The number of thioether (sulfide) groups is 1. The summed E-state index contributed by atoms with van der Waals surface area (Å²) in [5.41, 5.74) is 2.46. The van der Waals surface area contributed by atoms with Gasteiger partial charge in [0.1, 0.15) is 0 Å². The van der Waals surface area contributed by atoms with E-state index in [1.54, 1.807) is 24.3 Å². The molecule has 1 N–H and O–H groups in total. The Hall–Kier alpha value is -3.83. The summed E-state index contributed by atoms with van der Waals surface area (Å²) in [6, 6.07) is 15.0. The number of methoxy groups -OCH3 is 1. The Morgan fingerprint density at radius 1 is 1.08 bits per heavy atom.